The van der Waals surface area contributed by atoms with E-state index in [0.29, 0.717) is 5.82 Å². The minimum absolute atomic E-state index is 0.0246. The summed E-state index contributed by atoms with van der Waals surface area (Å²) in [4.78, 5) is 35.5. The van der Waals surface area contributed by atoms with E-state index < -0.39 is 0 Å². The van der Waals surface area contributed by atoms with Crippen LogP contribution in [0.25, 0.3) is 11.4 Å². The van der Waals surface area contributed by atoms with Crippen molar-refractivity contribution in [2.45, 2.75) is 45.2 Å². The predicted octanol–water partition coefficient (Wildman–Crippen LogP) is 2.44. The van der Waals surface area contributed by atoms with Gasteiger partial charge in [-0.15, -0.1) is 0 Å². The number of hydrogen-bond donors (Lipinski definition) is 1. The molecule has 6 heteroatoms. The molecule has 27 heavy (non-hydrogen) atoms. The van der Waals surface area contributed by atoms with Crippen molar-refractivity contribution < 1.29 is 4.79 Å². The maximum absolute atomic E-state index is 12.3. The first kappa shape index (κ1) is 19.3. The standard InChI is InChI=1S/C21H28N4O2/c1-4-6-17-13-19(26)23-20(22-17)16-10-8-15(9-11-16)14-25-12-5-7-18(25)21(27)24(2)3/h8-11,13,18H,4-7,12,14H2,1-3H3,(H,22,23,26)/t18-/m0/s1. The second-order valence-corrected chi connectivity index (χ2v) is 7.39. The SMILES string of the molecule is CCCc1cc(=O)[nH]c(-c2ccc(CN3CCC[C@H]3C(=O)N(C)C)cc2)n1. The summed E-state index contributed by atoms with van der Waals surface area (Å²) in [5.41, 5.74) is 2.76. The molecule has 0 spiro atoms. The summed E-state index contributed by atoms with van der Waals surface area (Å²) < 4.78 is 0. The molecule has 0 bridgehead atoms. The fourth-order valence-corrected chi connectivity index (χ4v) is 3.62. The fraction of sp³-hybridized carbons (Fsp3) is 0.476. The van der Waals surface area contributed by atoms with E-state index in [1.165, 1.54) is 0 Å². The highest BCUT2D eigenvalue weighted by molar-refractivity contribution is 5.81. The molecule has 1 atom stereocenters. The van der Waals surface area contributed by atoms with Crippen LogP contribution in [-0.4, -0.2) is 52.4 Å². The van der Waals surface area contributed by atoms with Crippen LogP contribution in [0.4, 0.5) is 0 Å². The van der Waals surface area contributed by atoms with Crippen LogP contribution in [0.2, 0.25) is 0 Å². The van der Waals surface area contributed by atoms with Crippen molar-refractivity contribution in [3.8, 4) is 11.4 Å². The van der Waals surface area contributed by atoms with Crippen LogP contribution in [0.15, 0.2) is 35.1 Å². The molecular weight excluding hydrogens is 340 g/mol. The van der Waals surface area contributed by atoms with Crippen molar-refractivity contribution in [3.63, 3.8) is 0 Å². The van der Waals surface area contributed by atoms with E-state index in [0.717, 1.165) is 55.6 Å². The molecule has 1 N–H and O–H groups in total. The number of hydrogen-bond acceptors (Lipinski definition) is 4. The summed E-state index contributed by atoms with van der Waals surface area (Å²) >= 11 is 0. The number of likely N-dealkylation sites (N-methyl/N-ethyl adjacent to an activating group) is 1. The number of carbonyl (C=O) groups excluding carboxylic acids is 1. The number of rotatable bonds is 6. The second-order valence-electron chi connectivity index (χ2n) is 7.39. The largest absolute Gasteiger partial charge is 0.347 e. The number of aromatic nitrogens is 2. The molecule has 1 aromatic carbocycles. The molecule has 2 aromatic rings. The van der Waals surface area contributed by atoms with E-state index >= 15 is 0 Å². The smallest absolute Gasteiger partial charge is 0.251 e. The van der Waals surface area contributed by atoms with E-state index in [1.807, 2.05) is 26.2 Å². The zero-order valence-electron chi connectivity index (χ0n) is 16.4. The Morgan fingerprint density at radius 3 is 2.70 bits per heavy atom. The second kappa shape index (κ2) is 8.48. The van der Waals surface area contributed by atoms with Gasteiger partial charge in [0.25, 0.3) is 5.56 Å². The summed E-state index contributed by atoms with van der Waals surface area (Å²) in [6, 6.07) is 9.62. The summed E-state index contributed by atoms with van der Waals surface area (Å²) in [6.07, 6.45) is 3.73. The average Bonchev–Trinajstić information content (AvgIpc) is 3.09. The molecule has 1 aliphatic heterocycles. The third-order valence-corrected chi connectivity index (χ3v) is 5.00. The van der Waals surface area contributed by atoms with Crippen LogP contribution >= 0.6 is 0 Å². The maximum atomic E-state index is 12.3. The summed E-state index contributed by atoms with van der Waals surface area (Å²) in [5, 5.41) is 0. The number of likely N-dealkylation sites (tertiary alicyclic amines) is 1. The highest BCUT2D eigenvalue weighted by Crippen LogP contribution is 2.22. The van der Waals surface area contributed by atoms with Crippen LogP contribution in [0, 0.1) is 0 Å². The van der Waals surface area contributed by atoms with Gasteiger partial charge < -0.3 is 9.88 Å². The van der Waals surface area contributed by atoms with Gasteiger partial charge in [-0.3, -0.25) is 14.5 Å². The lowest BCUT2D eigenvalue weighted by Gasteiger charge is -2.26. The van der Waals surface area contributed by atoms with Crippen LogP contribution in [0.3, 0.4) is 0 Å². The fourth-order valence-electron chi connectivity index (χ4n) is 3.62. The Morgan fingerprint density at radius 2 is 2.04 bits per heavy atom. The highest BCUT2D eigenvalue weighted by atomic mass is 16.2. The van der Waals surface area contributed by atoms with Gasteiger partial charge in [-0.05, 0) is 31.4 Å². The van der Waals surface area contributed by atoms with Crippen LogP contribution < -0.4 is 5.56 Å². The van der Waals surface area contributed by atoms with E-state index in [9.17, 15) is 9.59 Å². The molecule has 1 fully saturated rings. The van der Waals surface area contributed by atoms with E-state index in [1.54, 1.807) is 11.0 Å². The number of H-pyrrole nitrogens is 1. The Hall–Kier alpha value is -2.47. The molecule has 0 aliphatic carbocycles. The predicted molar refractivity (Wildman–Crippen MR) is 106 cm³/mol. The van der Waals surface area contributed by atoms with Crippen molar-refractivity contribution in [2.75, 3.05) is 20.6 Å². The molecule has 1 amide bonds. The van der Waals surface area contributed by atoms with Gasteiger partial charge in [0.05, 0.1) is 6.04 Å². The summed E-state index contributed by atoms with van der Waals surface area (Å²) in [5.74, 6) is 0.790. The van der Waals surface area contributed by atoms with Crippen LogP contribution in [-0.2, 0) is 17.8 Å². The third-order valence-electron chi connectivity index (χ3n) is 5.00. The monoisotopic (exact) mass is 368 g/mol. The molecule has 3 rings (SSSR count). The Kier molecular flexibility index (Phi) is 6.06. The minimum Gasteiger partial charge on any atom is -0.347 e. The van der Waals surface area contributed by atoms with Crippen LogP contribution in [0.5, 0.6) is 0 Å². The molecule has 0 radical (unpaired) electrons. The van der Waals surface area contributed by atoms with Crippen molar-refractivity contribution in [3.05, 3.63) is 51.9 Å². The van der Waals surface area contributed by atoms with Crippen LogP contribution in [0.1, 0.15) is 37.4 Å². The van der Waals surface area contributed by atoms with E-state index in [2.05, 4.69) is 33.9 Å². The minimum atomic E-state index is -0.116. The van der Waals surface area contributed by atoms with Crippen molar-refractivity contribution in [2.24, 2.45) is 0 Å². The van der Waals surface area contributed by atoms with E-state index in [-0.39, 0.29) is 17.5 Å². The summed E-state index contributed by atoms with van der Waals surface area (Å²) in [6.45, 7) is 3.77. The molecular formula is C21H28N4O2. The van der Waals surface area contributed by atoms with Gasteiger partial charge in [-0.25, -0.2) is 4.98 Å². The first-order chi connectivity index (χ1) is 13.0. The zero-order valence-corrected chi connectivity index (χ0v) is 16.4. The number of nitrogens with zero attached hydrogens (tertiary/aromatic N) is 3. The Bertz CT molecular complexity index is 842. The molecule has 6 nitrogen and oxygen atoms in total. The Labute approximate surface area is 160 Å². The van der Waals surface area contributed by atoms with Gasteiger partial charge in [0.2, 0.25) is 5.91 Å². The van der Waals surface area contributed by atoms with Gasteiger partial charge in [0.1, 0.15) is 5.82 Å². The molecule has 0 saturated carbocycles. The first-order valence-corrected chi connectivity index (χ1v) is 9.62. The van der Waals surface area contributed by atoms with Crippen molar-refractivity contribution >= 4 is 5.91 Å². The number of benzene rings is 1. The van der Waals surface area contributed by atoms with Gasteiger partial charge in [0.15, 0.2) is 0 Å². The van der Waals surface area contributed by atoms with Gasteiger partial charge in [-0.2, -0.15) is 0 Å². The van der Waals surface area contributed by atoms with Crippen molar-refractivity contribution in [1.29, 1.82) is 0 Å². The molecule has 1 aromatic heterocycles. The molecule has 144 valence electrons. The number of carbonyl (C=O) groups is 1. The molecule has 1 saturated heterocycles. The molecule has 1 aliphatic rings. The molecule has 0 unspecified atom stereocenters. The van der Waals surface area contributed by atoms with Crippen molar-refractivity contribution in [1.82, 2.24) is 19.8 Å². The first-order valence-electron chi connectivity index (χ1n) is 9.62. The van der Waals surface area contributed by atoms with Gasteiger partial charge >= 0.3 is 0 Å². The maximum Gasteiger partial charge on any atom is 0.251 e. The topological polar surface area (TPSA) is 69.3 Å². The van der Waals surface area contributed by atoms with Gasteiger partial charge in [-0.1, -0.05) is 37.6 Å². The number of aromatic amines is 1. The van der Waals surface area contributed by atoms with Gasteiger partial charge in [0, 0.05) is 38.0 Å². The third kappa shape index (κ3) is 4.63. The number of aryl methyl sites for hydroxylation is 1. The average molecular weight is 368 g/mol. The Morgan fingerprint density at radius 1 is 1.30 bits per heavy atom. The number of nitrogens with one attached hydrogen (secondary N) is 1. The molecule has 2 heterocycles. The number of amides is 1. The van der Waals surface area contributed by atoms with E-state index in [4.69, 9.17) is 0 Å². The Balaban J connectivity index is 1.74. The summed E-state index contributed by atoms with van der Waals surface area (Å²) in [7, 11) is 3.63. The zero-order chi connectivity index (χ0) is 19.4. The lowest BCUT2D eigenvalue weighted by molar-refractivity contribution is -0.133. The highest BCUT2D eigenvalue weighted by Gasteiger charge is 2.31. The lowest BCUT2D eigenvalue weighted by Crippen LogP contribution is -2.42. The normalized spacial score (nSPS) is 17.2. The lowest BCUT2D eigenvalue weighted by atomic mass is 10.1. The quantitative estimate of drug-likeness (QED) is 0.850.